The monoisotopic (exact) mass is 289 g/mol. The second-order valence-electron chi connectivity index (χ2n) is 4.23. The molecule has 0 fully saturated rings. The van der Waals surface area contributed by atoms with Crippen molar-refractivity contribution in [2.45, 2.75) is 27.0 Å². The lowest BCUT2D eigenvalue weighted by atomic mass is 10.3. The van der Waals surface area contributed by atoms with Crippen LogP contribution < -0.4 is 4.74 Å². The molecule has 0 unspecified atom stereocenters. The third kappa shape index (κ3) is 3.75. The summed E-state index contributed by atoms with van der Waals surface area (Å²) in [6.07, 6.45) is 3.36. The molecule has 4 nitrogen and oxygen atoms in total. The van der Waals surface area contributed by atoms with Gasteiger partial charge in [-0.05, 0) is 26.0 Å². The first-order chi connectivity index (χ1) is 9.72. The highest BCUT2D eigenvalue weighted by molar-refractivity contribution is 6.19. The van der Waals surface area contributed by atoms with Crippen molar-refractivity contribution in [1.29, 1.82) is 0 Å². The third-order valence-electron chi connectivity index (χ3n) is 2.68. The van der Waals surface area contributed by atoms with Gasteiger partial charge in [0, 0.05) is 18.3 Å². The number of nitrogens with zero attached hydrogens (tertiary/aromatic N) is 3. The molecule has 0 bridgehead atoms. The van der Waals surface area contributed by atoms with Crippen molar-refractivity contribution in [3.8, 4) is 17.6 Å². The van der Waals surface area contributed by atoms with E-state index in [1.807, 2.05) is 23.7 Å². The molecule has 20 heavy (non-hydrogen) atoms. The number of hydrogen-bond donors (Lipinski definition) is 0. The van der Waals surface area contributed by atoms with Gasteiger partial charge in [0.1, 0.15) is 12.4 Å². The minimum Gasteiger partial charge on any atom is -0.486 e. The van der Waals surface area contributed by atoms with Crippen LogP contribution in [0.15, 0.2) is 24.5 Å². The fourth-order valence-corrected chi connectivity index (χ4v) is 1.91. The van der Waals surface area contributed by atoms with E-state index in [1.54, 1.807) is 12.4 Å². The maximum Gasteiger partial charge on any atom is 0.139 e. The molecule has 2 rings (SSSR count). The first kappa shape index (κ1) is 14.4. The van der Waals surface area contributed by atoms with Gasteiger partial charge in [-0.25, -0.2) is 0 Å². The molecule has 0 aliphatic heterocycles. The molecule has 0 aromatic carbocycles. The van der Waals surface area contributed by atoms with Crippen LogP contribution >= 0.6 is 11.6 Å². The van der Waals surface area contributed by atoms with Crippen molar-refractivity contribution >= 4 is 11.6 Å². The van der Waals surface area contributed by atoms with Crippen molar-refractivity contribution in [1.82, 2.24) is 14.8 Å². The Morgan fingerprint density at radius 3 is 2.95 bits per heavy atom. The summed E-state index contributed by atoms with van der Waals surface area (Å²) in [4.78, 5) is 4.10. The fraction of sp³-hybridized carbons (Fsp3) is 0.333. The summed E-state index contributed by atoms with van der Waals surface area (Å²) in [5, 5.41) is 4.38. The SMILES string of the molecule is CCn1nc(C)cc1COc1cncc(C#CCCl)c1. The minimum absolute atomic E-state index is 0.306. The Morgan fingerprint density at radius 2 is 2.20 bits per heavy atom. The van der Waals surface area contributed by atoms with E-state index in [0.717, 1.165) is 23.5 Å². The van der Waals surface area contributed by atoms with Crippen molar-refractivity contribution in [3.05, 3.63) is 41.5 Å². The molecule has 2 aromatic rings. The lowest BCUT2D eigenvalue weighted by Crippen LogP contribution is -2.06. The number of rotatable bonds is 4. The quantitative estimate of drug-likeness (QED) is 0.642. The van der Waals surface area contributed by atoms with Crippen LogP contribution in [-0.2, 0) is 13.2 Å². The van der Waals surface area contributed by atoms with Crippen molar-refractivity contribution in [2.24, 2.45) is 0 Å². The summed E-state index contributed by atoms with van der Waals surface area (Å²) in [6.45, 7) is 5.31. The molecule has 5 heteroatoms. The normalized spacial score (nSPS) is 9.95. The van der Waals surface area contributed by atoms with Gasteiger partial charge in [-0.3, -0.25) is 9.67 Å². The van der Waals surface area contributed by atoms with Crippen molar-refractivity contribution in [2.75, 3.05) is 5.88 Å². The van der Waals surface area contributed by atoms with Gasteiger partial charge in [0.2, 0.25) is 0 Å². The zero-order valence-corrected chi connectivity index (χ0v) is 12.3. The Balaban J connectivity index is 2.06. The maximum absolute atomic E-state index is 5.74. The molecule has 0 amide bonds. The van der Waals surface area contributed by atoms with E-state index in [1.165, 1.54) is 0 Å². The molecule has 0 saturated carbocycles. The van der Waals surface area contributed by atoms with Gasteiger partial charge in [-0.15, -0.1) is 11.6 Å². The molecule has 0 aliphatic rings. The smallest absolute Gasteiger partial charge is 0.139 e. The molecule has 2 heterocycles. The number of alkyl halides is 1. The largest absolute Gasteiger partial charge is 0.486 e. The van der Waals surface area contributed by atoms with Crippen LogP contribution in [0.2, 0.25) is 0 Å². The summed E-state index contributed by atoms with van der Waals surface area (Å²) < 4.78 is 7.67. The van der Waals surface area contributed by atoms with Crippen LogP contribution in [0.25, 0.3) is 0 Å². The van der Waals surface area contributed by atoms with Gasteiger partial charge in [-0.2, -0.15) is 5.10 Å². The number of hydrogen-bond acceptors (Lipinski definition) is 3. The van der Waals surface area contributed by atoms with E-state index in [0.29, 0.717) is 18.2 Å². The minimum atomic E-state index is 0.306. The zero-order valence-electron chi connectivity index (χ0n) is 11.6. The lowest BCUT2D eigenvalue weighted by Gasteiger charge is -2.07. The number of aryl methyl sites for hydroxylation is 2. The molecule has 0 atom stereocenters. The summed E-state index contributed by atoms with van der Waals surface area (Å²) in [5.74, 6) is 6.70. The van der Waals surface area contributed by atoms with E-state index < -0.39 is 0 Å². The second-order valence-corrected chi connectivity index (χ2v) is 4.49. The predicted octanol–water partition coefficient (Wildman–Crippen LogP) is 2.78. The standard InChI is InChI=1S/C15H16ClN3O/c1-3-19-14(7-12(2)18-19)11-20-15-8-13(5-4-6-16)9-17-10-15/h7-10H,3,6,11H2,1-2H3. The molecule has 0 radical (unpaired) electrons. The second kappa shape index (κ2) is 6.97. The fourth-order valence-electron chi connectivity index (χ4n) is 1.85. The Kier molecular flexibility index (Phi) is 5.03. The molecule has 104 valence electrons. The first-order valence-electron chi connectivity index (χ1n) is 6.39. The molecule has 0 spiro atoms. The molecule has 0 saturated heterocycles. The van der Waals surface area contributed by atoms with Crippen LogP contribution in [-0.4, -0.2) is 20.6 Å². The van der Waals surface area contributed by atoms with E-state index in [9.17, 15) is 0 Å². The Hall–Kier alpha value is -1.99. The topological polar surface area (TPSA) is 39.9 Å². The van der Waals surface area contributed by atoms with Gasteiger partial charge in [0.25, 0.3) is 0 Å². The van der Waals surface area contributed by atoms with E-state index >= 15 is 0 Å². The van der Waals surface area contributed by atoms with Gasteiger partial charge in [-0.1, -0.05) is 11.8 Å². The first-order valence-corrected chi connectivity index (χ1v) is 6.92. The molecule has 0 aliphatic carbocycles. The van der Waals surface area contributed by atoms with Crippen molar-refractivity contribution in [3.63, 3.8) is 0 Å². The summed E-state index contributed by atoms with van der Waals surface area (Å²) >= 11 is 5.53. The van der Waals surface area contributed by atoms with Gasteiger partial charge < -0.3 is 4.74 Å². The zero-order chi connectivity index (χ0) is 14.4. The molecular formula is C15H16ClN3O. The average molecular weight is 290 g/mol. The Morgan fingerprint density at radius 1 is 1.35 bits per heavy atom. The highest BCUT2D eigenvalue weighted by Crippen LogP contribution is 2.13. The highest BCUT2D eigenvalue weighted by atomic mass is 35.5. The average Bonchev–Trinajstić information content (AvgIpc) is 2.83. The van der Waals surface area contributed by atoms with E-state index in [-0.39, 0.29) is 0 Å². The number of pyridine rings is 1. The van der Waals surface area contributed by atoms with Crippen molar-refractivity contribution < 1.29 is 4.74 Å². The van der Waals surface area contributed by atoms with Gasteiger partial charge in [0.15, 0.2) is 0 Å². The van der Waals surface area contributed by atoms with Crippen LogP contribution in [0.3, 0.4) is 0 Å². The van der Waals surface area contributed by atoms with Gasteiger partial charge >= 0.3 is 0 Å². The predicted molar refractivity (Wildman–Crippen MR) is 78.8 cm³/mol. The van der Waals surface area contributed by atoms with Crippen LogP contribution in [0.4, 0.5) is 0 Å². The number of halogens is 1. The third-order valence-corrected chi connectivity index (χ3v) is 2.82. The maximum atomic E-state index is 5.74. The molecule has 0 N–H and O–H groups in total. The lowest BCUT2D eigenvalue weighted by molar-refractivity contribution is 0.291. The Bertz CT molecular complexity index is 640. The van der Waals surface area contributed by atoms with Gasteiger partial charge in [0.05, 0.1) is 23.5 Å². The van der Waals surface area contributed by atoms with Crippen LogP contribution in [0.1, 0.15) is 23.9 Å². The molecular weight excluding hydrogens is 274 g/mol. The summed E-state index contributed by atoms with van der Waals surface area (Å²) in [6, 6.07) is 3.88. The Labute approximate surface area is 123 Å². The van der Waals surface area contributed by atoms with Crippen LogP contribution in [0.5, 0.6) is 5.75 Å². The molecule has 2 aromatic heterocycles. The van der Waals surface area contributed by atoms with Crippen LogP contribution in [0, 0.1) is 18.8 Å². The highest BCUT2D eigenvalue weighted by Gasteiger charge is 2.05. The number of aromatic nitrogens is 3. The van der Waals surface area contributed by atoms with E-state index in [2.05, 4.69) is 28.8 Å². The number of ether oxygens (including phenoxy) is 1. The van der Waals surface area contributed by atoms with E-state index in [4.69, 9.17) is 16.3 Å². The summed E-state index contributed by atoms with van der Waals surface area (Å²) in [7, 11) is 0. The summed E-state index contributed by atoms with van der Waals surface area (Å²) in [5.41, 5.74) is 2.83.